The molecule has 0 aliphatic heterocycles. The van der Waals surface area contributed by atoms with Gasteiger partial charge in [-0.2, -0.15) is 0 Å². The van der Waals surface area contributed by atoms with E-state index in [1.54, 1.807) is 28.0 Å². The zero-order valence-electron chi connectivity index (χ0n) is 44.6. The summed E-state index contributed by atoms with van der Waals surface area (Å²) in [4.78, 5) is 15.0. The number of nitrogens with zero attached hydrogens (tertiary/aromatic N) is 4. The van der Waals surface area contributed by atoms with E-state index in [0.29, 0.717) is 34.3 Å². The second-order valence-corrected chi connectivity index (χ2v) is 15.6. The van der Waals surface area contributed by atoms with Crippen LogP contribution in [-0.2, 0) is 0 Å². The zero-order valence-corrected chi connectivity index (χ0v) is 33.4. The van der Waals surface area contributed by atoms with Gasteiger partial charge in [-0.25, -0.2) is 15.0 Å². The van der Waals surface area contributed by atoms with Crippen LogP contribution in [0, 0.1) is 0 Å². The van der Waals surface area contributed by atoms with E-state index in [4.69, 9.17) is 23.2 Å². The van der Waals surface area contributed by atoms with Crippen molar-refractivity contribution < 1.29 is 16.4 Å². The van der Waals surface area contributed by atoms with Gasteiger partial charge < -0.3 is 4.57 Å². The van der Waals surface area contributed by atoms with Gasteiger partial charge in [-0.15, -0.1) is 11.3 Å². The Morgan fingerprint density at radius 3 is 1.52 bits per heavy atom. The quantitative estimate of drug-likeness (QED) is 0.161. The fourth-order valence-corrected chi connectivity index (χ4v) is 9.22. The highest BCUT2D eigenvalue weighted by atomic mass is 32.1. The van der Waals surface area contributed by atoms with Crippen molar-refractivity contribution in [3.05, 3.63) is 218 Å². The summed E-state index contributed by atoms with van der Waals surface area (Å²) < 4.78 is 114. The predicted molar refractivity (Wildman–Crippen MR) is 260 cm³/mol. The molecule has 5 heteroatoms. The molecule has 0 fully saturated rings. The molecule has 0 N–H and O–H groups in total. The summed E-state index contributed by atoms with van der Waals surface area (Å²) >= 11 is 1.57. The van der Waals surface area contributed by atoms with Gasteiger partial charge in [-0.1, -0.05) is 182 Å². The van der Waals surface area contributed by atoms with Crippen molar-refractivity contribution >= 4 is 53.3 Å². The lowest BCUT2D eigenvalue weighted by Crippen LogP contribution is -2.02. The van der Waals surface area contributed by atoms with Crippen LogP contribution in [0.5, 0.6) is 0 Å². The molecule has 0 aliphatic carbocycles. The zero-order chi connectivity index (χ0) is 51.4. The molecule has 62 heavy (non-hydrogen) atoms. The summed E-state index contributed by atoms with van der Waals surface area (Å²) in [6.45, 7) is 0. The van der Waals surface area contributed by atoms with Gasteiger partial charge in [0.1, 0.15) is 0 Å². The third kappa shape index (κ3) is 6.18. The molecule has 0 atom stereocenters. The average molecular weight is 821 g/mol. The molecule has 0 amide bonds. The first-order valence-corrected chi connectivity index (χ1v) is 20.7. The van der Waals surface area contributed by atoms with Crippen LogP contribution in [-0.4, -0.2) is 19.5 Å². The Morgan fingerprint density at radius 1 is 0.387 bits per heavy atom. The van der Waals surface area contributed by atoms with E-state index in [2.05, 4.69) is 6.07 Å². The van der Waals surface area contributed by atoms with E-state index in [0.717, 1.165) is 36.9 Å². The topological polar surface area (TPSA) is 43.6 Å². The molecule has 0 unspecified atom stereocenters. The van der Waals surface area contributed by atoms with Gasteiger partial charge in [-0.3, -0.25) is 0 Å². The van der Waals surface area contributed by atoms with E-state index in [-0.39, 0.29) is 80.3 Å². The van der Waals surface area contributed by atoms with Crippen LogP contribution in [0.2, 0.25) is 0 Å². The Bertz CT molecular complexity index is 4110. The van der Waals surface area contributed by atoms with Gasteiger partial charge in [0.25, 0.3) is 0 Å². The van der Waals surface area contributed by atoms with Crippen molar-refractivity contribution in [1.82, 2.24) is 19.5 Å². The summed E-state index contributed by atoms with van der Waals surface area (Å²) in [7, 11) is 0. The van der Waals surface area contributed by atoms with E-state index in [1.165, 1.54) is 24.3 Å². The molecular weight excluding hydrogens is 773 g/mol. The molecule has 3 aromatic heterocycles. The average Bonchev–Trinajstić information content (AvgIpc) is 3.97. The Morgan fingerprint density at radius 2 is 0.919 bits per heavy atom. The van der Waals surface area contributed by atoms with Gasteiger partial charge in [0.05, 0.1) is 33.2 Å². The highest BCUT2D eigenvalue weighted by Crippen LogP contribution is 2.45. The molecule has 4 nitrogen and oxygen atoms in total. The molecule has 0 radical (unpaired) electrons. The molecule has 0 spiro atoms. The molecule has 0 saturated carbocycles. The molecule has 0 aliphatic rings. The first-order valence-electron chi connectivity index (χ1n) is 25.9. The summed E-state index contributed by atoms with van der Waals surface area (Å²) in [6.07, 6.45) is 0. The highest BCUT2D eigenvalue weighted by molar-refractivity contribution is 7.26. The Balaban J connectivity index is 1.27. The van der Waals surface area contributed by atoms with Crippen molar-refractivity contribution in [3.8, 4) is 73.2 Å². The van der Waals surface area contributed by atoms with E-state index < -0.39 is 36.3 Å². The van der Waals surface area contributed by atoms with Gasteiger partial charge in [-0.05, 0) is 58.6 Å². The third-order valence-electron chi connectivity index (χ3n) is 10.9. The standard InChI is InChI=1S/C57H36N4S/c1-5-16-37(17-6-1)41-28-31-44-45-32-29-42(38-18-7-2-8-19-38)36-52(45)61(51(44)35-41)50-33-30-43(34-49(50)48-26-15-25-47-46-24-13-14-27-53(46)62-54(47)48)57-59-55(39-20-9-3-10-21-39)58-56(60-57)40-22-11-4-12-23-40/h1-36H/i1D,2D,16D,17D,18D,19D,28D,29D,31D,32D,35D,36D. The van der Waals surface area contributed by atoms with Gasteiger partial charge in [0.15, 0.2) is 17.5 Å². The summed E-state index contributed by atoms with van der Waals surface area (Å²) in [5.74, 6) is 1.18. The molecule has 9 aromatic carbocycles. The van der Waals surface area contributed by atoms with Crippen LogP contribution in [0.3, 0.4) is 0 Å². The maximum absolute atomic E-state index is 10.1. The molecule has 290 valence electrons. The summed E-state index contributed by atoms with van der Waals surface area (Å²) in [5.41, 5.74) is 2.77. The Kier molecular flexibility index (Phi) is 6.16. The van der Waals surface area contributed by atoms with Crippen LogP contribution >= 0.6 is 11.3 Å². The number of thiophene rings is 1. The number of benzene rings is 9. The minimum absolute atomic E-state index is 0.0580. The highest BCUT2D eigenvalue weighted by Gasteiger charge is 2.22. The van der Waals surface area contributed by atoms with Gasteiger partial charge in [0, 0.05) is 58.8 Å². The van der Waals surface area contributed by atoms with E-state index in [1.807, 2.05) is 103 Å². The molecule has 0 saturated heterocycles. The van der Waals surface area contributed by atoms with Crippen molar-refractivity contribution in [2.24, 2.45) is 0 Å². The van der Waals surface area contributed by atoms with Crippen LogP contribution in [0.4, 0.5) is 0 Å². The first kappa shape index (κ1) is 25.6. The SMILES string of the molecule is [2H]c1cc([2H])c(-c2c([2H])c([2H])c3c4c([2H])c([2H])c(-c5c([2H])cc([2H])cc5[2H])c([2H])c4n(-c4ccc(-c5nc(-c6ccccc6)nc(-c6ccccc6)n5)cc4-c4cccc5c4sc4ccccc45)c3c2[2H])c([2H])c1. The van der Waals surface area contributed by atoms with Crippen LogP contribution in [0.25, 0.3) is 115 Å². The van der Waals surface area contributed by atoms with Crippen LogP contribution in [0.1, 0.15) is 16.4 Å². The minimum atomic E-state index is -0.528. The number of aromatic nitrogens is 4. The number of rotatable bonds is 7. The molecule has 12 rings (SSSR count). The van der Waals surface area contributed by atoms with Crippen LogP contribution < -0.4 is 0 Å². The molecular formula is C57H36N4S. The number of fused-ring (bicyclic) bond motifs is 6. The number of hydrogen-bond donors (Lipinski definition) is 0. The first-order chi connectivity index (χ1) is 35.7. The number of hydrogen-bond acceptors (Lipinski definition) is 4. The maximum Gasteiger partial charge on any atom is 0.164 e. The van der Waals surface area contributed by atoms with Gasteiger partial charge >= 0.3 is 0 Å². The largest absolute Gasteiger partial charge is 0.309 e. The Hall–Kier alpha value is -7.99. The minimum Gasteiger partial charge on any atom is -0.309 e. The second kappa shape index (κ2) is 14.9. The lowest BCUT2D eigenvalue weighted by molar-refractivity contribution is 1.07. The molecule has 0 bridgehead atoms. The second-order valence-electron chi connectivity index (χ2n) is 14.6. The fourth-order valence-electron chi connectivity index (χ4n) is 7.99. The van der Waals surface area contributed by atoms with Crippen LogP contribution in [0.15, 0.2) is 218 Å². The van der Waals surface area contributed by atoms with E-state index in [9.17, 15) is 8.22 Å². The third-order valence-corrected chi connectivity index (χ3v) is 12.1. The lowest BCUT2D eigenvalue weighted by atomic mass is 9.98. The molecule has 12 aromatic rings. The normalized spacial score (nSPS) is 14.3. The van der Waals surface area contributed by atoms with E-state index >= 15 is 0 Å². The summed E-state index contributed by atoms with van der Waals surface area (Å²) in [5, 5.41) is 1.78. The van der Waals surface area contributed by atoms with Crippen molar-refractivity contribution in [3.63, 3.8) is 0 Å². The Labute approximate surface area is 379 Å². The smallest absolute Gasteiger partial charge is 0.164 e. The predicted octanol–water partition coefficient (Wildman–Crippen LogP) is 15.3. The monoisotopic (exact) mass is 820 g/mol. The van der Waals surface area contributed by atoms with Crippen molar-refractivity contribution in [2.45, 2.75) is 0 Å². The molecule has 3 heterocycles. The van der Waals surface area contributed by atoms with Gasteiger partial charge in [0.2, 0.25) is 0 Å². The lowest BCUT2D eigenvalue weighted by Gasteiger charge is -2.17. The van der Waals surface area contributed by atoms with Crippen molar-refractivity contribution in [2.75, 3.05) is 0 Å². The maximum atomic E-state index is 10.1. The van der Waals surface area contributed by atoms with Crippen molar-refractivity contribution in [1.29, 1.82) is 0 Å². The fraction of sp³-hybridized carbons (Fsp3) is 0. The summed E-state index contributed by atoms with van der Waals surface area (Å²) in [6, 6.07) is 39.1.